The molecule has 0 aliphatic rings. The minimum absolute atomic E-state index is 0.562. The summed E-state index contributed by atoms with van der Waals surface area (Å²) in [4.78, 5) is 4.00. The van der Waals surface area contributed by atoms with Crippen LogP contribution >= 0.6 is 0 Å². The number of nitrogens with one attached hydrogen (secondary N) is 2. The Bertz CT molecular complexity index is 454. The number of hydrogen-bond donors (Lipinski definition) is 3. The molecule has 1 aromatic heterocycles. The third-order valence-electron chi connectivity index (χ3n) is 2.09. The van der Waals surface area contributed by atoms with Crippen LogP contribution in [0.25, 0.3) is 0 Å². The van der Waals surface area contributed by atoms with Gasteiger partial charge in [0.05, 0.1) is 13.7 Å². The SMILES string of the molecule is COc1cc(N)cc(NCc2ncn[nH]2)c1. The van der Waals surface area contributed by atoms with Crippen LogP contribution in [0.5, 0.6) is 5.75 Å². The monoisotopic (exact) mass is 219 g/mol. The Labute approximate surface area is 92.8 Å². The van der Waals surface area contributed by atoms with Crippen LogP contribution in [-0.2, 0) is 6.54 Å². The van der Waals surface area contributed by atoms with Crippen molar-refractivity contribution in [2.45, 2.75) is 6.54 Å². The predicted molar refractivity (Wildman–Crippen MR) is 61.1 cm³/mol. The van der Waals surface area contributed by atoms with Gasteiger partial charge in [-0.3, -0.25) is 5.10 Å². The largest absolute Gasteiger partial charge is 0.497 e. The lowest BCUT2D eigenvalue weighted by molar-refractivity contribution is 0.415. The highest BCUT2D eigenvalue weighted by molar-refractivity contribution is 5.59. The molecule has 84 valence electrons. The molecule has 1 aromatic carbocycles. The first-order valence-corrected chi connectivity index (χ1v) is 4.80. The molecular formula is C10H13N5O. The maximum atomic E-state index is 5.73. The Kier molecular flexibility index (Phi) is 2.90. The predicted octanol–water partition coefficient (Wildman–Crippen LogP) is 1.01. The van der Waals surface area contributed by atoms with E-state index in [0.29, 0.717) is 12.2 Å². The Morgan fingerprint density at radius 3 is 3.00 bits per heavy atom. The van der Waals surface area contributed by atoms with Crippen molar-refractivity contribution in [3.8, 4) is 5.75 Å². The molecule has 0 bridgehead atoms. The minimum atomic E-state index is 0.562. The van der Waals surface area contributed by atoms with Crippen LogP contribution in [-0.4, -0.2) is 22.3 Å². The number of nitrogens with zero attached hydrogens (tertiary/aromatic N) is 2. The maximum Gasteiger partial charge on any atom is 0.143 e. The highest BCUT2D eigenvalue weighted by atomic mass is 16.5. The van der Waals surface area contributed by atoms with Crippen molar-refractivity contribution >= 4 is 11.4 Å². The molecule has 0 unspecified atom stereocenters. The molecule has 4 N–H and O–H groups in total. The van der Waals surface area contributed by atoms with Crippen molar-refractivity contribution in [1.29, 1.82) is 0 Å². The van der Waals surface area contributed by atoms with E-state index in [9.17, 15) is 0 Å². The number of hydrogen-bond acceptors (Lipinski definition) is 5. The summed E-state index contributed by atoms with van der Waals surface area (Å²) in [6.45, 7) is 0.562. The summed E-state index contributed by atoms with van der Waals surface area (Å²) in [6, 6.07) is 5.46. The molecule has 0 radical (unpaired) electrons. The van der Waals surface area contributed by atoms with Crippen molar-refractivity contribution in [3.63, 3.8) is 0 Å². The summed E-state index contributed by atoms with van der Waals surface area (Å²) < 4.78 is 5.12. The quantitative estimate of drug-likeness (QED) is 0.668. The van der Waals surface area contributed by atoms with Gasteiger partial charge in [-0.15, -0.1) is 0 Å². The molecular weight excluding hydrogens is 206 g/mol. The first kappa shape index (κ1) is 10.3. The lowest BCUT2D eigenvalue weighted by Crippen LogP contribution is -2.02. The van der Waals surface area contributed by atoms with Crippen LogP contribution in [0.2, 0.25) is 0 Å². The van der Waals surface area contributed by atoms with Crippen LogP contribution in [0.3, 0.4) is 0 Å². The van der Waals surface area contributed by atoms with Crippen LogP contribution in [0.15, 0.2) is 24.5 Å². The number of benzene rings is 1. The van der Waals surface area contributed by atoms with E-state index in [4.69, 9.17) is 10.5 Å². The number of aromatic nitrogens is 3. The fraction of sp³-hybridized carbons (Fsp3) is 0.200. The average molecular weight is 219 g/mol. The normalized spacial score (nSPS) is 10.1. The molecule has 0 aliphatic carbocycles. The molecule has 0 atom stereocenters. The average Bonchev–Trinajstić information content (AvgIpc) is 2.78. The standard InChI is InChI=1S/C10H13N5O/c1-16-9-3-7(11)2-8(4-9)12-5-10-13-6-14-15-10/h2-4,6,12H,5,11H2,1H3,(H,13,14,15). The number of anilines is 2. The van der Waals surface area contributed by atoms with E-state index >= 15 is 0 Å². The van der Waals surface area contributed by atoms with Crippen molar-refractivity contribution in [2.75, 3.05) is 18.2 Å². The van der Waals surface area contributed by atoms with E-state index in [1.807, 2.05) is 12.1 Å². The van der Waals surface area contributed by atoms with Gasteiger partial charge >= 0.3 is 0 Å². The van der Waals surface area contributed by atoms with Gasteiger partial charge in [0.15, 0.2) is 0 Å². The van der Waals surface area contributed by atoms with Crippen LogP contribution in [0, 0.1) is 0 Å². The fourth-order valence-corrected chi connectivity index (χ4v) is 1.34. The van der Waals surface area contributed by atoms with Crippen molar-refractivity contribution < 1.29 is 4.74 Å². The van der Waals surface area contributed by atoms with Gasteiger partial charge in [-0.1, -0.05) is 0 Å². The first-order valence-electron chi connectivity index (χ1n) is 4.80. The number of nitrogens with two attached hydrogens (primary N) is 1. The Hall–Kier alpha value is -2.24. The number of ether oxygens (including phenoxy) is 1. The molecule has 16 heavy (non-hydrogen) atoms. The van der Waals surface area contributed by atoms with Gasteiger partial charge in [-0.05, 0) is 6.07 Å². The zero-order valence-electron chi connectivity index (χ0n) is 8.90. The number of H-pyrrole nitrogens is 1. The van der Waals surface area contributed by atoms with Gasteiger partial charge < -0.3 is 15.8 Å². The molecule has 2 aromatic rings. The lowest BCUT2D eigenvalue weighted by atomic mass is 10.2. The van der Waals surface area contributed by atoms with Crippen LogP contribution in [0.4, 0.5) is 11.4 Å². The smallest absolute Gasteiger partial charge is 0.143 e. The van der Waals surface area contributed by atoms with Gasteiger partial charge in [0.1, 0.15) is 17.9 Å². The summed E-state index contributed by atoms with van der Waals surface area (Å²) >= 11 is 0. The van der Waals surface area contributed by atoms with E-state index in [-0.39, 0.29) is 0 Å². The second-order valence-corrected chi connectivity index (χ2v) is 3.28. The second-order valence-electron chi connectivity index (χ2n) is 3.28. The van der Waals surface area contributed by atoms with E-state index in [1.54, 1.807) is 13.2 Å². The number of rotatable bonds is 4. The summed E-state index contributed by atoms with van der Waals surface area (Å²) in [5.41, 5.74) is 7.26. The second kappa shape index (κ2) is 4.52. The first-order chi connectivity index (χ1) is 7.78. The van der Waals surface area contributed by atoms with E-state index in [2.05, 4.69) is 20.5 Å². The lowest BCUT2D eigenvalue weighted by Gasteiger charge is -2.08. The van der Waals surface area contributed by atoms with Crippen molar-refractivity contribution in [2.24, 2.45) is 0 Å². The minimum Gasteiger partial charge on any atom is -0.497 e. The molecule has 0 saturated carbocycles. The third kappa shape index (κ3) is 2.41. The van der Waals surface area contributed by atoms with Crippen molar-refractivity contribution in [1.82, 2.24) is 15.2 Å². The molecule has 1 heterocycles. The summed E-state index contributed by atoms with van der Waals surface area (Å²) in [6.07, 6.45) is 1.47. The zero-order valence-corrected chi connectivity index (χ0v) is 8.90. The Morgan fingerprint density at radius 1 is 1.44 bits per heavy atom. The van der Waals surface area contributed by atoms with Crippen LogP contribution < -0.4 is 15.8 Å². The summed E-state index contributed by atoms with van der Waals surface area (Å²) in [5.74, 6) is 1.49. The number of methoxy groups -OCH3 is 1. The topological polar surface area (TPSA) is 88.8 Å². The van der Waals surface area contributed by atoms with E-state index < -0.39 is 0 Å². The van der Waals surface area contributed by atoms with Gasteiger partial charge in [0.2, 0.25) is 0 Å². The highest BCUT2D eigenvalue weighted by Gasteiger charge is 2.00. The summed E-state index contributed by atoms with van der Waals surface area (Å²) in [5, 5.41) is 9.69. The van der Waals surface area contributed by atoms with Crippen molar-refractivity contribution in [3.05, 3.63) is 30.4 Å². The van der Waals surface area contributed by atoms with Crippen LogP contribution in [0.1, 0.15) is 5.82 Å². The van der Waals surface area contributed by atoms with E-state index in [1.165, 1.54) is 6.33 Å². The molecule has 2 rings (SSSR count). The Morgan fingerprint density at radius 2 is 2.31 bits per heavy atom. The molecule has 0 aliphatic heterocycles. The third-order valence-corrected chi connectivity index (χ3v) is 2.09. The highest BCUT2D eigenvalue weighted by Crippen LogP contribution is 2.22. The van der Waals surface area contributed by atoms with Gasteiger partial charge in [-0.25, -0.2) is 4.98 Å². The molecule has 0 spiro atoms. The number of nitrogen functional groups attached to an aromatic ring is 1. The summed E-state index contributed by atoms with van der Waals surface area (Å²) in [7, 11) is 1.61. The van der Waals surface area contributed by atoms with Gasteiger partial charge in [0.25, 0.3) is 0 Å². The van der Waals surface area contributed by atoms with Gasteiger partial charge in [0, 0.05) is 23.5 Å². The molecule has 0 saturated heterocycles. The fourth-order valence-electron chi connectivity index (χ4n) is 1.34. The molecule has 0 fully saturated rings. The van der Waals surface area contributed by atoms with Gasteiger partial charge in [-0.2, -0.15) is 5.10 Å². The molecule has 6 heteroatoms. The molecule has 0 amide bonds. The number of aromatic amines is 1. The van der Waals surface area contributed by atoms with E-state index in [0.717, 1.165) is 17.3 Å². The Balaban J connectivity index is 2.06. The molecule has 6 nitrogen and oxygen atoms in total. The zero-order chi connectivity index (χ0) is 11.4. The maximum absolute atomic E-state index is 5.73.